The molecule has 4 N–H and O–H groups in total. The molecule has 0 aliphatic heterocycles. The molecular weight excluding hydrogens is 352 g/mol. The van der Waals surface area contributed by atoms with Gasteiger partial charge in [0.2, 0.25) is 0 Å². The van der Waals surface area contributed by atoms with Crippen molar-refractivity contribution in [1.82, 2.24) is 0 Å². The van der Waals surface area contributed by atoms with E-state index in [1.807, 2.05) is 18.2 Å². The fraction of sp³-hybridized carbons (Fsp3) is 0.250. The zero-order valence-corrected chi connectivity index (χ0v) is 16.1. The van der Waals surface area contributed by atoms with E-state index in [1.54, 1.807) is 12.1 Å². The number of aromatic hydroxyl groups is 4. The Hall–Kier alpha value is -3.14. The predicted molar refractivity (Wildman–Crippen MR) is 110 cm³/mol. The quantitative estimate of drug-likeness (QED) is 0.444. The van der Waals surface area contributed by atoms with Gasteiger partial charge < -0.3 is 20.4 Å². The highest BCUT2D eigenvalue weighted by atomic mass is 16.3. The molecule has 0 amide bonds. The minimum atomic E-state index is -0.104. The van der Waals surface area contributed by atoms with Crippen molar-refractivity contribution in [3.05, 3.63) is 82.9 Å². The lowest BCUT2D eigenvalue weighted by molar-refractivity contribution is 0.402. The highest BCUT2D eigenvalue weighted by Crippen LogP contribution is 2.32. The van der Waals surface area contributed by atoms with Crippen LogP contribution in [0.4, 0.5) is 0 Å². The van der Waals surface area contributed by atoms with Crippen LogP contribution in [0.3, 0.4) is 0 Å². The van der Waals surface area contributed by atoms with Crippen molar-refractivity contribution in [2.75, 3.05) is 0 Å². The van der Waals surface area contributed by atoms with E-state index >= 15 is 0 Å². The Labute approximate surface area is 165 Å². The monoisotopic (exact) mass is 378 g/mol. The molecule has 4 nitrogen and oxygen atoms in total. The fourth-order valence-electron chi connectivity index (χ4n) is 3.52. The molecule has 0 aliphatic rings. The van der Waals surface area contributed by atoms with Crippen LogP contribution in [0.25, 0.3) is 0 Å². The molecule has 2 unspecified atom stereocenters. The van der Waals surface area contributed by atoms with Crippen LogP contribution in [0.2, 0.25) is 0 Å². The third kappa shape index (κ3) is 4.58. The lowest BCUT2D eigenvalue weighted by atomic mass is 9.90. The first-order valence-electron chi connectivity index (χ1n) is 9.45. The largest absolute Gasteiger partial charge is 0.504 e. The molecule has 3 aromatic carbocycles. The van der Waals surface area contributed by atoms with Gasteiger partial charge in [0.05, 0.1) is 0 Å². The van der Waals surface area contributed by atoms with Gasteiger partial charge in [-0.05, 0) is 71.2 Å². The molecule has 3 rings (SSSR count). The Balaban J connectivity index is 1.70. The van der Waals surface area contributed by atoms with E-state index in [4.69, 9.17) is 0 Å². The second-order valence-electron chi connectivity index (χ2n) is 7.53. The van der Waals surface area contributed by atoms with E-state index < -0.39 is 0 Å². The topological polar surface area (TPSA) is 80.9 Å². The second kappa shape index (κ2) is 8.26. The first kappa shape index (κ1) is 19.6. The maximum atomic E-state index is 9.72. The number of phenols is 4. The molecule has 0 saturated heterocycles. The van der Waals surface area contributed by atoms with Crippen LogP contribution in [0.15, 0.2) is 60.7 Å². The van der Waals surface area contributed by atoms with Crippen molar-refractivity contribution in [3.63, 3.8) is 0 Å². The van der Waals surface area contributed by atoms with Crippen LogP contribution in [0.5, 0.6) is 23.0 Å². The molecule has 0 fully saturated rings. The van der Waals surface area contributed by atoms with E-state index in [-0.39, 0.29) is 34.8 Å². The molecule has 2 atom stereocenters. The molecule has 0 radical (unpaired) electrons. The number of rotatable bonds is 6. The fourth-order valence-corrected chi connectivity index (χ4v) is 3.52. The Morgan fingerprint density at radius 2 is 1.00 bits per heavy atom. The van der Waals surface area contributed by atoms with Crippen LogP contribution >= 0.6 is 0 Å². The molecule has 28 heavy (non-hydrogen) atoms. The van der Waals surface area contributed by atoms with Crippen molar-refractivity contribution >= 4 is 0 Å². The maximum absolute atomic E-state index is 9.72. The molecule has 3 aromatic rings. The van der Waals surface area contributed by atoms with E-state index in [9.17, 15) is 20.4 Å². The summed E-state index contributed by atoms with van der Waals surface area (Å²) >= 11 is 0. The summed E-state index contributed by atoms with van der Waals surface area (Å²) in [5, 5.41) is 38.4. The van der Waals surface area contributed by atoms with Gasteiger partial charge in [-0.15, -0.1) is 0 Å². The van der Waals surface area contributed by atoms with Gasteiger partial charge in [0.25, 0.3) is 0 Å². The van der Waals surface area contributed by atoms with Crippen molar-refractivity contribution in [1.29, 1.82) is 0 Å². The van der Waals surface area contributed by atoms with Crippen LogP contribution in [-0.4, -0.2) is 20.4 Å². The molecular formula is C24H26O4. The highest BCUT2D eigenvalue weighted by Gasteiger charge is 2.12. The number of phenolic OH excluding ortho intramolecular Hbond substituents is 4. The normalized spacial score (nSPS) is 13.2. The lowest BCUT2D eigenvalue weighted by Crippen LogP contribution is -2.01. The van der Waals surface area contributed by atoms with Gasteiger partial charge in [-0.25, -0.2) is 0 Å². The summed E-state index contributed by atoms with van der Waals surface area (Å²) in [6, 6.07) is 18.4. The number of hydrogen-bond acceptors (Lipinski definition) is 4. The maximum Gasteiger partial charge on any atom is 0.157 e. The molecule has 0 aromatic heterocycles. The second-order valence-corrected chi connectivity index (χ2v) is 7.53. The Bertz CT molecular complexity index is 890. The zero-order chi connectivity index (χ0) is 20.3. The van der Waals surface area contributed by atoms with Gasteiger partial charge in [0.1, 0.15) is 0 Å². The van der Waals surface area contributed by atoms with Crippen molar-refractivity contribution in [3.8, 4) is 23.0 Å². The third-order valence-electron chi connectivity index (χ3n) is 5.21. The highest BCUT2D eigenvalue weighted by molar-refractivity contribution is 5.43. The summed E-state index contributed by atoms with van der Waals surface area (Å²) in [7, 11) is 0. The van der Waals surface area contributed by atoms with Gasteiger partial charge in [-0.2, -0.15) is 0 Å². The Morgan fingerprint density at radius 3 is 1.39 bits per heavy atom. The summed E-state index contributed by atoms with van der Waals surface area (Å²) in [6.07, 6.45) is 1.65. The molecule has 146 valence electrons. The van der Waals surface area contributed by atoms with Gasteiger partial charge in [0, 0.05) is 0 Å². The van der Waals surface area contributed by atoms with Crippen molar-refractivity contribution < 1.29 is 20.4 Å². The Kier molecular flexibility index (Phi) is 5.78. The average molecular weight is 378 g/mol. The van der Waals surface area contributed by atoms with Crippen LogP contribution in [0.1, 0.15) is 47.9 Å². The average Bonchev–Trinajstić information content (AvgIpc) is 2.66. The van der Waals surface area contributed by atoms with Crippen molar-refractivity contribution in [2.45, 2.75) is 38.5 Å². The smallest absolute Gasteiger partial charge is 0.157 e. The van der Waals surface area contributed by atoms with Crippen LogP contribution < -0.4 is 0 Å². The minimum absolute atomic E-state index is 0.0934. The molecule has 4 heteroatoms. The van der Waals surface area contributed by atoms with Gasteiger partial charge in [-0.1, -0.05) is 50.2 Å². The SMILES string of the molecule is CC(Cc1cccc(CC(C)c2ccc(O)c(O)c2)c1)c1ccc(O)c(O)c1. The van der Waals surface area contributed by atoms with Crippen molar-refractivity contribution in [2.24, 2.45) is 0 Å². The molecule has 0 bridgehead atoms. The predicted octanol–water partition coefficient (Wildman–Crippen LogP) is 5.20. The van der Waals surface area contributed by atoms with Crippen LogP contribution in [0, 0.1) is 0 Å². The standard InChI is InChI=1S/C24H26O4/c1-15(19-6-8-21(25)23(27)13-19)10-17-4-3-5-18(12-17)11-16(2)20-7-9-22(26)24(28)14-20/h3-9,12-16,25-28H,10-11H2,1-2H3. The summed E-state index contributed by atoms with van der Waals surface area (Å²) < 4.78 is 0. The Morgan fingerprint density at radius 1 is 0.571 bits per heavy atom. The first-order valence-corrected chi connectivity index (χ1v) is 9.45. The number of benzene rings is 3. The molecule has 0 heterocycles. The lowest BCUT2D eigenvalue weighted by Gasteiger charge is -2.16. The summed E-state index contributed by atoms with van der Waals surface area (Å²) in [4.78, 5) is 0. The van der Waals surface area contributed by atoms with E-state index in [1.165, 1.54) is 23.3 Å². The number of hydrogen-bond donors (Lipinski definition) is 4. The van der Waals surface area contributed by atoms with Gasteiger partial charge in [-0.3, -0.25) is 0 Å². The molecule has 0 aliphatic carbocycles. The van der Waals surface area contributed by atoms with E-state index in [0.717, 1.165) is 24.0 Å². The summed E-state index contributed by atoms with van der Waals surface area (Å²) in [6.45, 7) is 4.20. The van der Waals surface area contributed by atoms with Crippen LogP contribution in [-0.2, 0) is 12.8 Å². The van der Waals surface area contributed by atoms with E-state index in [0.29, 0.717) is 0 Å². The first-order chi connectivity index (χ1) is 13.3. The molecule has 0 spiro atoms. The third-order valence-corrected chi connectivity index (χ3v) is 5.21. The zero-order valence-electron chi connectivity index (χ0n) is 16.1. The van der Waals surface area contributed by atoms with Gasteiger partial charge >= 0.3 is 0 Å². The van der Waals surface area contributed by atoms with E-state index in [2.05, 4.69) is 32.0 Å². The van der Waals surface area contributed by atoms with Gasteiger partial charge in [0.15, 0.2) is 23.0 Å². The summed E-state index contributed by atoms with van der Waals surface area (Å²) in [5.74, 6) is 0.00833. The summed E-state index contributed by atoms with van der Waals surface area (Å²) in [5.41, 5.74) is 4.37. The molecule has 0 saturated carbocycles. The minimum Gasteiger partial charge on any atom is -0.504 e.